The SMILES string of the molecule is C[CH]CCc1cccc([N+](=O)[O-])c1. The maximum atomic E-state index is 10.4. The molecule has 0 unspecified atom stereocenters. The zero-order valence-corrected chi connectivity index (χ0v) is 7.56. The topological polar surface area (TPSA) is 43.1 Å². The maximum Gasteiger partial charge on any atom is 0.269 e. The van der Waals surface area contributed by atoms with Gasteiger partial charge >= 0.3 is 0 Å². The van der Waals surface area contributed by atoms with Crippen LogP contribution < -0.4 is 0 Å². The fourth-order valence-electron chi connectivity index (χ4n) is 1.14. The molecule has 0 fully saturated rings. The highest BCUT2D eigenvalue weighted by molar-refractivity contribution is 5.34. The van der Waals surface area contributed by atoms with Crippen LogP contribution in [0, 0.1) is 16.5 Å². The number of non-ortho nitro benzene ring substituents is 1. The predicted molar refractivity (Wildman–Crippen MR) is 51.4 cm³/mol. The van der Waals surface area contributed by atoms with Gasteiger partial charge in [-0.05, 0) is 24.8 Å². The molecule has 0 aromatic heterocycles. The highest BCUT2D eigenvalue weighted by Crippen LogP contribution is 2.14. The first-order valence-corrected chi connectivity index (χ1v) is 4.25. The van der Waals surface area contributed by atoms with Gasteiger partial charge in [0.25, 0.3) is 5.69 Å². The Labute approximate surface area is 77.5 Å². The normalized spacial score (nSPS) is 9.92. The zero-order chi connectivity index (χ0) is 9.68. The fraction of sp³-hybridized carbons (Fsp3) is 0.300. The molecule has 0 saturated heterocycles. The number of unbranched alkanes of at least 4 members (excludes halogenated alkanes) is 1. The molecule has 0 aliphatic rings. The third-order valence-corrected chi connectivity index (χ3v) is 1.84. The standard InChI is InChI=1S/C10H12NO2/c1-2-3-5-9-6-4-7-10(8-9)11(12)13/h2,4,6-8H,3,5H2,1H3. The van der Waals surface area contributed by atoms with E-state index in [0.29, 0.717) is 0 Å². The van der Waals surface area contributed by atoms with Crippen LogP contribution in [0.1, 0.15) is 18.9 Å². The second kappa shape index (κ2) is 4.60. The number of rotatable bonds is 4. The largest absolute Gasteiger partial charge is 0.269 e. The van der Waals surface area contributed by atoms with Crippen molar-refractivity contribution in [3.63, 3.8) is 0 Å². The lowest BCUT2D eigenvalue weighted by Gasteiger charge is -1.98. The molecule has 0 spiro atoms. The molecule has 1 aromatic carbocycles. The Balaban J connectivity index is 2.73. The first kappa shape index (κ1) is 9.71. The minimum Gasteiger partial charge on any atom is -0.258 e. The van der Waals surface area contributed by atoms with Gasteiger partial charge in [0.15, 0.2) is 0 Å². The number of hydrogen-bond donors (Lipinski definition) is 0. The Kier molecular flexibility index (Phi) is 3.43. The summed E-state index contributed by atoms with van der Waals surface area (Å²) in [6.45, 7) is 1.98. The predicted octanol–water partition coefficient (Wildman–Crippen LogP) is 2.75. The molecule has 0 saturated carbocycles. The molecule has 1 radical (unpaired) electrons. The molecular formula is C10H12NO2. The number of nitro groups is 1. The van der Waals surface area contributed by atoms with E-state index in [0.717, 1.165) is 18.4 Å². The Bertz CT molecular complexity index is 297. The van der Waals surface area contributed by atoms with E-state index < -0.39 is 0 Å². The number of nitro benzene ring substituents is 1. The van der Waals surface area contributed by atoms with Crippen LogP contribution in [-0.2, 0) is 6.42 Å². The first-order valence-electron chi connectivity index (χ1n) is 4.25. The maximum absolute atomic E-state index is 10.4. The Hall–Kier alpha value is -1.38. The van der Waals surface area contributed by atoms with Gasteiger partial charge in [-0.25, -0.2) is 0 Å². The number of benzene rings is 1. The second-order valence-corrected chi connectivity index (χ2v) is 2.87. The third-order valence-electron chi connectivity index (χ3n) is 1.84. The van der Waals surface area contributed by atoms with Crippen molar-refractivity contribution in [2.24, 2.45) is 0 Å². The van der Waals surface area contributed by atoms with E-state index in [1.165, 1.54) is 6.07 Å². The first-order chi connectivity index (χ1) is 6.24. The van der Waals surface area contributed by atoms with Gasteiger partial charge in [0.2, 0.25) is 0 Å². The van der Waals surface area contributed by atoms with E-state index in [-0.39, 0.29) is 10.6 Å². The minimum atomic E-state index is -0.362. The van der Waals surface area contributed by atoms with Crippen molar-refractivity contribution in [2.45, 2.75) is 19.8 Å². The van der Waals surface area contributed by atoms with Crippen LogP contribution in [0.2, 0.25) is 0 Å². The second-order valence-electron chi connectivity index (χ2n) is 2.87. The van der Waals surface area contributed by atoms with Crippen molar-refractivity contribution in [1.82, 2.24) is 0 Å². The van der Waals surface area contributed by atoms with Gasteiger partial charge in [0.05, 0.1) is 4.92 Å². The average molecular weight is 178 g/mol. The third kappa shape index (κ3) is 2.86. The molecule has 0 atom stereocenters. The lowest BCUT2D eigenvalue weighted by Crippen LogP contribution is -1.90. The number of aryl methyl sites for hydroxylation is 1. The minimum absolute atomic E-state index is 0.175. The summed E-state index contributed by atoms with van der Waals surface area (Å²) in [6, 6.07) is 6.78. The van der Waals surface area contributed by atoms with Crippen molar-refractivity contribution < 1.29 is 4.92 Å². The van der Waals surface area contributed by atoms with Crippen molar-refractivity contribution in [3.8, 4) is 0 Å². The summed E-state index contributed by atoms with van der Waals surface area (Å²) >= 11 is 0. The summed E-state index contributed by atoms with van der Waals surface area (Å²) in [4.78, 5) is 10.1. The molecule has 0 heterocycles. The Morgan fingerprint density at radius 3 is 2.92 bits per heavy atom. The van der Waals surface area contributed by atoms with Gasteiger partial charge in [-0.3, -0.25) is 10.1 Å². The van der Waals surface area contributed by atoms with Gasteiger partial charge in [0, 0.05) is 12.1 Å². The monoisotopic (exact) mass is 178 g/mol. The molecule has 1 aromatic rings. The smallest absolute Gasteiger partial charge is 0.258 e. The molecule has 13 heavy (non-hydrogen) atoms. The van der Waals surface area contributed by atoms with E-state index in [1.807, 2.05) is 13.0 Å². The van der Waals surface area contributed by atoms with Gasteiger partial charge in [-0.1, -0.05) is 19.1 Å². The molecule has 0 aliphatic carbocycles. The van der Waals surface area contributed by atoms with Crippen LogP contribution in [0.25, 0.3) is 0 Å². The molecule has 3 nitrogen and oxygen atoms in total. The van der Waals surface area contributed by atoms with Crippen molar-refractivity contribution in [3.05, 3.63) is 46.4 Å². The quantitative estimate of drug-likeness (QED) is 0.525. The molecule has 1 rings (SSSR count). The van der Waals surface area contributed by atoms with Gasteiger partial charge < -0.3 is 0 Å². The van der Waals surface area contributed by atoms with Crippen LogP contribution in [0.3, 0.4) is 0 Å². The molecule has 0 aliphatic heterocycles. The van der Waals surface area contributed by atoms with E-state index in [4.69, 9.17) is 0 Å². The summed E-state index contributed by atoms with van der Waals surface area (Å²) in [6.07, 6.45) is 3.89. The number of nitrogens with zero attached hydrogens (tertiary/aromatic N) is 1. The van der Waals surface area contributed by atoms with Crippen molar-refractivity contribution in [1.29, 1.82) is 0 Å². The fourth-order valence-corrected chi connectivity index (χ4v) is 1.14. The van der Waals surface area contributed by atoms with Gasteiger partial charge in [-0.15, -0.1) is 0 Å². The van der Waals surface area contributed by atoms with Gasteiger partial charge in [-0.2, -0.15) is 0 Å². The molecule has 69 valence electrons. The molecule has 0 N–H and O–H groups in total. The summed E-state index contributed by atoms with van der Waals surface area (Å²) < 4.78 is 0. The van der Waals surface area contributed by atoms with Crippen LogP contribution in [0.15, 0.2) is 24.3 Å². The van der Waals surface area contributed by atoms with Crippen molar-refractivity contribution in [2.75, 3.05) is 0 Å². The summed E-state index contributed by atoms with van der Waals surface area (Å²) in [5, 5.41) is 10.4. The Morgan fingerprint density at radius 2 is 2.31 bits per heavy atom. The van der Waals surface area contributed by atoms with E-state index in [9.17, 15) is 10.1 Å². The highest BCUT2D eigenvalue weighted by Gasteiger charge is 2.04. The zero-order valence-electron chi connectivity index (χ0n) is 7.56. The molecular weight excluding hydrogens is 166 g/mol. The molecule has 3 heteroatoms. The van der Waals surface area contributed by atoms with E-state index in [2.05, 4.69) is 6.42 Å². The van der Waals surface area contributed by atoms with Crippen molar-refractivity contribution >= 4 is 5.69 Å². The lowest BCUT2D eigenvalue weighted by molar-refractivity contribution is -0.384. The van der Waals surface area contributed by atoms with Crippen LogP contribution in [-0.4, -0.2) is 4.92 Å². The summed E-state index contributed by atoms with van der Waals surface area (Å²) in [5.74, 6) is 0. The number of hydrogen-bond acceptors (Lipinski definition) is 2. The molecule has 0 bridgehead atoms. The van der Waals surface area contributed by atoms with Crippen LogP contribution in [0.5, 0.6) is 0 Å². The molecule has 0 amide bonds. The van der Waals surface area contributed by atoms with Gasteiger partial charge in [0.1, 0.15) is 0 Å². The van der Waals surface area contributed by atoms with Crippen LogP contribution in [0.4, 0.5) is 5.69 Å². The average Bonchev–Trinajstić information content (AvgIpc) is 2.15. The summed E-state index contributed by atoms with van der Waals surface area (Å²) in [5.41, 5.74) is 1.20. The summed E-state index contributed by atoms with van der Waals surface area (Å²) in [7, 11) is 0. The highest BCUT2D eigenvalue weighted by atomic mass is 16.6. The lowest BCUT2D eigenvalue weighted by atomic mass is 10.1. The van der Waals surface area contributed by atoms with E-state index >= 15 is 0 Å². The Morgan fingerprint density at radius 1 is 1.54 bits per heavy atom. The van der Waals surface area contributed by atoms with E-state index in [1.54, 1.807) is 12.1 Å². The van der Waals surface area contributed by atoms with Crippen LogP contribution >= 0.6 is 0 Å².